The monoisotopic (exact) mass is 247 g/mol. The maximum absolute atomic E-state index is 5.00. The van der Waals surface area contributed by atoms with Gasteiger partial charge in [-0.25, -0.2) is 0 Å². The third-order valence-electron chi connectivity index (χ3n) is 3.98. The van der Waals surface area contributed by atoms with Gasteiger partial charge in [-0.15, -0.1) is 0 Å². The minimum absolute atomic E-state index is 0.452. The van der Waals surface area contributed by atoms with Crippen LogP contribution in [0.3, 0.4) is 0 Å². The SMILES string of the molecule is C1=C(CN2CCCC[C@@H]2c2ccon2)CCNC1. The summed E-state index contributed by atoms with van der Waals surface area (Å²) in [5.41, 5.74) is 2.67. The molecule has 1 aromatic rings. The van der Waals surface area contributed by atoms with Gasteiger partial charge in [0, 0.05) is 19.2 Å². The highest BCUT2D eigenvalue weighted by Crippen LogP contribution is 2.30. The number of hydrogen-bond donors (Lipinski definition) is 1. The third-order valence-corrected chi connectivity index (χ3v) is 3.98. The first-order valence-corrected chi connectivity index (χ1v) is 6.96. The van der Waals surface area contributed by atoms with E-state index in [1.165, 1.54) is 32.2 Å². The Bertz CT molecular complexity index is 399. The summed E-state index contributed by atoms with van der Waals surface area (Å²) >= 11 is 0. The van der Waals surface area contributed by atoms with E-state index in [1.54, 1.807) is 11.8 Å². The van der Waals surface area contributed by atoms with Gasteiger partial charge in [-0.1, -0.05) is 23.2 Å². The molecule has 0 saturated carbocycles. The third kappa shape index (κ3) is 2.65. The van der Waals surface area contributed by atoms with E-state index in [0.29, 0.717) is 6.04 Å². The van der Waals surface area contributed by atoms with Crippen LogP contribution >= 0.6 is 0 Å². The van der Waals surface area contributed by atoms with Crippen molar-refractivity contribution < 1.29 is 4.52 Å². The van der Waals surface area contributed by atoms with Crippen molar-refractivity contribution in [1.29, 1.82) is 0 Å². The molecule has 2 aliphatic rings. The molecule has 98 valence electrons. The molecule has 0 bridgehead atoms. The van der Waals surface area contributed by atoms with Gasteiger partial charge in [-0.05, 0) is 32.4 Å². The number of likely N-dealkylation sites (tertiary alicyclic amines) is 1. The van der Waals surface area contributed by atoms with Gasteiger partial charge in [0.1, 0.15) is 12.0 Å². The number of piperidine rings is 1. The Labute approximate surface area is 108 Å². The molecule has 0 amide bonds. The minimum Gasteiger partial charge on any atom is -0.364 e. The predicted molar refractivity (Wildman–Crippen MR) is 70.2 cm³/mol. The van der Waals surface area contributed by atoms with Crippen molar-refractivity contribution in [2.45, 2.75) is 31.7 Å². The van der Waals surface area contributed by atoms with E-state index in [0.717, 1.165) is 25.3 Å². The van der Waals surface area contributed by atoms with E-state index in [4.69, 9.17) is 4.52 Å². The Kier molecular flexibility index (Phi) is 3.76. The van der Waals surface area contributed by atoms with Crippen LogP contribution in [-0.2, 0) is 0 Å². The molecule has 4 heteroatoms. The lowest BCUT2D eigenvalue weighted by molar-refractivity contribution is 0.153. The predicted octanol–water partition coefficient (Wildman–Crippen LogP) is 2.12. The van der Waals surface area contributed by atoms with Crippen LogP contribution in [0.2, 0.25) is 0 Å². The zero-order valence-electron chi connectivity index (χ0n) is 10.8. The Balaban J connectivity index is 1.70. The van der Waals surface area contributed by atoms with Crippen molar-refractivity contribution in [1.82, 2.24) is 15.4 Å². The molecule has 1 atom stereocenters. The van der Waals surface area contributed by atoms with Gasteiger partial charge in [-0.3, -0.25) is 4.90 Å². The summed E-state index contributed by atoms with van der Waals surface area (Å²) in [6.07, 6.45) is 9.03. The Morgan fingerprint density at radius 1 is 1.44 bits per heavy atom. The second-order valence-corrected chi connectivity index (χ2v) is 5.22. The summed E-state index contributed by atoms with van der Waals surface area (Å²) in [6.45, 7) is 4.42. The smallest absolute Gasteiger partial charge is 0.124 e. The normalized spacial score (nSPS) is 26.0. The average molecular weight is 247 g/mol. The van der Waals surface area contributed by atoms with Crippen LogP contribution in [0.5, 0.6) is 0 Å². The molecule has 4 nitrogen and oxygen atoms in total. The largest absolute Gasteiger partial charge is 0.364 e. The second-order valence-electron chi connectivity index (χ2n) is 5.22. The molecule has 18 heavy (non-hydrogen) atoms. The molecule has 0 unspecified atom stereocenters. The number of nitrogens with zero attached hydrogens (tertiary/aromatic N) is 2. The maximum Gasteiger partial charge on any atom is 0.124 e. The summed E-state index contributed by atoms with van der Waals surface area (Å²) < 4.78 is 5.00. The molecule has 2 aliphatic heterocycles. The zero-order chi connectivity index (χ0) is 12.2. The minimum atomic E-state index is 0.452. The van der Waals surface area contributed by atoms with E-state index in [9.17, 15) is 0 Å². The van der Waals surface area contributed by atoms with Gasteiger partial charge < -0.3 is 9.84 Å². The van der Waals surface area contributed by atoms with Crippen molar-refractivity contribution in [3.63, 3.8) is 0 Å². The standard InChI is InChI=1S/C14H21N3O/c1-2-9-17(11-12-4-7-15-8-5-12)14(3-1)13-6-10-18-16-13/h4,6,10,14-15H,1-3,5,7-9,11H2/t14-/m1/s1. The van der Waals surface area contributed by atoms with Crippen LogP contribution in [0.4, 0.5) is 0 Å². The lowest BCUT2D eigenvalue weighted by Crippen LogP contribution is -2.36. The molecule has 1 saturated heterocycles. The van der Waals surface area contributed by atoms with Crippen molar-refractivity contribution in [3.05, 3.63) is 29.7 Å². The topological polar surface area (TPSA) is 41.3 Å². The Morgan fingerprint density at radius 3 is 3.22 bits per heavy atom. The molecular formula is C14H21N3O. The zero-order valence-corrected chi connectivity index (χ0v) is 10.8. The van der Waals surface area contributed by atoms with Gasteiger partial charge in [0.15, 0.2) is 0 Å². The van der Waals surface area contributed by atoms with Crippen LogP contribution in [0.1, 0.15) is 37.4 Å². The van der Waals surface area contributed by atoms with E-state index >= 15 is 0 Å². The van der Waals surface area contributed by atoms with Gasteiger partial charge >= 0.3 is 0 Å². The van der Waals surface area contributed by atoms with Crippen molar-refractivity contribution in [2.75, 3.05) is 26.2 Å². The number of hydrogen-bond acceptors (Lipinski definition) is 4. The highest BCUT2D eigenvalue weighted by atomic mass is 16.5. The van der Waals surface area contributed by atoms with Crippen molar-refractivity contribution in [2.24, 2.45) is 0 Å². The van der Waals surface area contributed by atoms with Crippen LogP contribution in [0.25, 0.3) is 0 Å². The van der Waals surface area contributed by atoms with Crippen molar-refractivity contribution in [3.8, 4) is 0 Å². The van der Waals surface area contributed by atoms with Gasteiger partial charge in [-0.2, -0.15) is 0 Å². The second kappa shape index (κ2) is 5.67. The van der Waals surface area contributed by atoms with E-state index < -0.39 is 0 Å². The Hall–Kier alpha value is -1.13. The number of aromatic nitrogens is 1. The highest BCUT2D eigenvalue weighted by Gasteiger charge is 2.26. The molecule has 0 radical (unpaired) electrons. The molecule has 0 spiro atoms. The van der Waals surface area contributed by atoms with Crippen LogP contribution in [0, 0.1) is 0 Å². The number of rotatable bonds is 3. The van der Waals surface area contributed by atoms with Gasteiger partial charge in [0.05, 0.1) is 6.04 Å². The molecule has 3 heterocycles. The lowest BCUT2D eigenvalue weighted by Gasteiger charge is -2.35. The fraction of sp³-hybridized carbons (Fsp3) is 0.643. The average Bonchev–Trinajstić information content (AvgIpc) is 2.94. The maximum atomic E-state index is 5.00. The number of nitrogens with one attached hydrogen (secondary N) is 1. The Morgan fingerprint density at radius 2 is 2.44 bits per heavy atom. The lowest BCUT2D eigenvalue weighted by atomic mass is 9.97. The van der Waals surface area contributed by atoms with Gasteiger partial charge in [0.2, 0.25) is 0 Å². The van der Waals surface area contributed by atoms with Crippen LogP contribution in [0.15, 0.2) is 28.5 Å². The highest BCUT2D eigenvalue weighted by molar-refractivity contribution is 5.12. The summed E-state index contributed by atoms with van der Waals surface area (Å²) in [5, 5.41) is 7.50. The quantitative estimate of drug-likeness (QED) is 0.831. The molecule has 0 aromatic carbocycles. The molecular weight excluding hydrogens is 226 g/mol. The van der Waals surface area contributed by atoms with Crippen molar-refractivity contribution >= 4 is 0 Å². The summed E-state index contributed by atoms with van der Waals surface area (Å²) in [7, 11) is 0. The van der Waals surface area contributed by atoms with Gasteiger partial charge in [0.25, 0.3) is 0 Å². The van der Waals surface area contributed by atoms with E-state index in [-0.39, 0.29) is 0 Å². The first-order chi connectivity index (χ1) is 8.93. The molecule has 0 aliphatic carbocycles. The molecule has 1 fully saturated rings. The first kappa shape index (κ1) is 11.9. The molecule has 1 aromatic heterocycles. The van der Waals surface area contributed by atoms with Crippen LogP contribution in [-0.4, -0.2) is 36.2 Å². The van der Waals surface area contributed by atoms with E-state index in [2.05, 4.69) is 21.4 Å². The summed E-state index contributed by atoms with van der Waals surface area (Å²) in [6, 6.07) is 2.47. The summed E-state index contributed by atoms with van der Waals surface area (Å²) in [4.78, 5) is 2.57. The molecule has 3 rings (SSSR count). The van der Waals surface area contributed by atoms with E-state index in [1.807, 2.05) is 6.07 Å². The fourth-order valence-electron chi connectivity index (χ4n) is 2.98. The fourth-order valence-corrected chi connectivity index (χ4v) is 2.98. The summed E-state index contributed by atoms with van der Waals surface area (Å²) in [5.74, 6) is 0. The first-order valence-electron chi connectivity index (χ1n) is 6.96. The van der Waals surface area contributed by atoms with Crippen LogP contribution < -0.4 is 5.32 Å². The molecule has 1 N–H and O–H groups in total.